The Morgan fingerprint density at radius 3 is 2.21 bits per heavy atom. The number of rotatable bonds is 7. The summed E-state index contributed by atoms with van der Waals surface area (Å²) in [6.07, 6.45) is 1.82. The fraction of sp³-hybridized carbons (Fsp3) is 0.304. The van der Waals surface area contributed by atoms with Gasteiger partial charge in [0.2, 0.25) is 0 Å². The molecule has 3 rings (SSSR count). The average molecular weight is 377 g/mol. The number of aliphatic hydroxyl groups excluding tert-OH is 1. The molecule has 0 saturated heterocycles. The number of benzene rings is 2. The monoisotopic (exact) mass is 377 g/mol. The van der Waals surface area contributed by atoms with E-state index in [0.717, 1.165) is 16.7 Å². The van der Waals surface area contributed by atoms with Gasteiger partial charge in [0.25, 0.3) is 5.91 Å². The summed E-state index contributed by atoms with van der Waals surface area (Å²) in [5.74, 6) is -0.109. The predicted octanol–water partition coefficient (Wildman–Crippen LogP) is 3.67. The van der Waals surface area contributed by atoms with Gasteiger partial charge in [0.1, 0.15) is 5.69 Å². The fourth-order valence-electron chi connectivity index (χ4n) is 3.16. The molecule has 0 aliphatic heterocycles. The molecule has 1 N–H and O–H groups in total. The Balaban J connectivity index is 2.00. The van der Waals surface area contributed by atoms with Crippen molar-refractivity contribution in [1.29, 1.82) is 0 Å². The Bertz CT molecular complexity index is 927. The highest BCUT2D eigenvalue weighted by molar-refractivity contribution is 5.99. The van der Waals surface area contributed by atoms with Crippen molar-refractivity contribution < 1.29 is 9.90 Å². The molecule has 1 heterocycles. The molecule has 1 amide bonds. The van der Waals surface area contributed by atoms with E-state index in [-0.39, 0.29) is 12.5 Å². The van der Waals surface area contributed by atoms with Gasteiger partial charge in [-0.2, -0.15) is 5.10 Å². The molecule has 0 bridgehead atoms. The van der Waals surface area contributed by atoms with Crippen LogP contribution in [0.2, 0.25) is 0 Å². The van der Waals surface area contributed by atoms with Crippen LogP contribution >= 0.6 is 0 Å². The normalized spacial score (nSPS) is 10.9. The van der Waals surface area contributed by atoms with E-state index in [9.17, 15) is 9.90 Å². The van der Waals surface area contributed by atoms with Gasteiger partial charge in [0, 0.05) is 24.8 Å². The summed E-state index contributed by atoms with van der Waals surface area (Å²) in [6, 6.07) is 16.3. The minimum atomic E-state index is -0.109. The lowest BCUT2D eigenvalue weighted by Gasteiger charge is -2.19. The smallest absolute Gasteiger partial charge is 0.257 e. The van der Waals surface area contributed by atoms with Crippen LogP contribution in [0.15, 0.2) is 54.7 Å². The average Bonchev–Trinajstić information content (AvgIpc) is 3.11. The molecule has 0 unspecified atom stereocenters. The van der Waals surface area contributed by atoms with Crippen molar-refractivity contribution in [3.05, 3.63) is 77.0 Å². The number of likely N-dealkylation sites (N-methyl/N-ethyl adjacent to an activating group) is 1. The van der Waals surface area contributed by atoms with Gasteiger partial charge >= 0.3 is 0 Å². The molecule has 2 aromatic carbocycles. The van der Waals surface area contributed by atoms with Crippen molar-refractivity contribution in [2.24, 2.45) is 0 Å². The lowest BCUT2D eigenvalue weighted by atomic mass is 10.1. The second-order valence-corrected chi connectivity index (χ2v) is 7.05. The first-order valence-corrected chi connectivity index (χ1v) is 9.62. The van der Waals surface area contributed by atoms with E-state index in [1.807, 2.05) is 49.0 Å². The number of nitrogens with zero attached hydrogens (tertiary/aromatic N) is 3. The SMILES string of the molecule is CCN(CCO)C(=O)c1cn(Cc2ccc(C)cc2)nc1-c1ccc(C)cc1. The first-order valence-electron chi connectivity index (χ1n) is 9.62. The summed E-state index contributed by atoms with van der Waals surface area (Å²) >= 11 is 0. The molecule has 28 heavy (non-hydrogen) atoms. The van der Waals surface area contributed by atoms with E-state index in [2.05, 4.69) is 31.2 Å². The number of hydrogen-bond donors (Lipinski definition) is 1. The van der Waals surface area contributed by atoms with E-state index in [1.54, 1.807) is 4.90 Å². The highest BCUT2D eigenvalue weighted by Gasteiger charge is 2.22. The fourth-order valence-corrected chi connectivity index (χ4v) is 3.16. The highest BCUT2D eigenvalue weighted by Crippen LogP contribution is 2.24. The van der Waals surface area contributed by atoms with Gasteiger partial charge < -0.3 is 10.0 Å². The van der Waals surface area contributed by atoms with Crippen molar-refractivity contribution in [2.75, 3.05) is 19.7 Å². The van der Waals surface area contributed by atoms with Crippen molar-refractivity contribution >= 4 is 5.91 Å². The number of aliphatic hydroxyl groups is 1. The summed E-state index contributed by atoms with van der Waals surface area (Å²) in [5.41, 5.74) is 5.65. The zero-order chi connectivity index (χ0) is 20.1. The summed E-state index contributed by atoms with van der Waals surface area (Å²) in [5, 5.41) is 14.0. The van der Waals surface area contributed by atoms with Gasteiger partial charge in [-0.15, -0.1) is 0 Å². The molecule has 5 nitrogen and oxygen atoms in total. The lowest BCUT2D eigenvalue weighted by Crippen LogP contribution is -2.33. The lowest BCUT2D eigenvalue weighted by molar-refractivity contribution is 0.0732. The van der Waals surface area contributed by atoms with E-state index in [4.69, 9.17) is 5.10 Å². The Morgan fingerprint density at radius 1 is 1.04 bits per heavy atom. The number of aryl methyl sites for hydroxylation is 2. The third kappa shape index (κ3) is 4.49. The molecular formula is C23H27N3O2. The van der Waals surface area contributed by atoms with E-state index in [0.29, 0.717) is 30.9 Å². The molecule has 1 aromatic heterocycles. The van der Waals surface area contributed by atoms with E-state index < -0.39 is 0 Å². The number of aromatic nitrogens is 2. The van der Waals surface area contributed by atoms with E-state index >= 15 is 0 Å². The number of hydrogen-bond acceptors (Lipinski definition) is 3. The minimum absolute atomic E-state index is 0.0586. The van der Waals surface area contributed by atoms with Gasteiger partial charge in [-0.1, -0.05) is 59.7 Å². The number of amides is 1. The van der Waals surface area contributed by atoms with Gasteiger partial charge in [-0.05, 0) is 26.3 Å². The van der Waals surface area contributed by atoms with Crippen molar-refractivity contribution in [3.63, 3.8) is 0 Å². The van der Waals surface area contributed by atoms with Crippen LogP contribution in [0.4, 0.5) is 0 Å². The zero-order valence-electron chi connectivity index (χ0n) is 16.7. The maximum Gasteiger partial charge on any atom is 0.257 e. The molecule has 5 heteroatoms. The van der Waals surface area contributed by atoms with Crippen LogP contribution in [-0.2, 0) is 6.54 Å². The van der Waals surface area contributed by atoms with E-state index in [1.165, 1.54) is 5.56 Å². The summed E-state index contributed by atoms with van der Waals surface area (Å²) in [4.78, 5) is 14.7. The maximum atomic E-state index is 13.1. The van der Waals surface area contributed by atoms with Crippen LogP contribution in [-0.4, -0.2) is 45.4 Å². The molecule has 0 fully saturated rings. The second-order valence-electron chi connectivity index (χ2n) is 7.05. The van der Waals surface area contributed by atoms with Gasteiger partial charge in [-0.25, -0.2) is 0 Å². The molecule has 3 aromatic rings. The van der Waals surface area contributed by atoms with Crippen LogP contribution in [0.5, 0.6) is 0 Å². The largest absolute Gasteiger partial charge is 0.395 e. The Kier molecular flexibility index (Phi) is 6.26. The predicted molar refractivity (Wildman–Crippen MR) is 111 cm³/mol. The van der Waals surface area contributed by atoms with Crippen LogP contribution < -0.4 is 0 Å². The molecule has 0 saturated carbocycles. The Morgan fingerprint density at radius 2 is 1.64 bits per heavy atom. The molecule has 0 spiro atoms. The number of carbonyl (C=O) groups excluding carboxylic acids is 1. The van der Waals surface area contributed by atoms with Gasteiger partial charge in [0.05, 0.1) is 18.7 Å². The second kappa shape index (κ2) is 8.85. The third-order valence-corrected chi connectivity index (χ3v) is 4.82. The quantitative estimate of drug-likeness (QED) is 0.683. The summed E-state index contributed by atoms with van der Waals surface area (Å²) < 4.78 is 1.82. The minimum Gasteiger partial charge on any atom is -0.395 e. The van der Waals surface area contributed by atoms with Crippen LogP contribution in [0.3, 0.4) is 0 Å². The molecular weight excluding hydrogens is 350 g/mol. The Labute approximate surface area is 166 Å². The molecule has 0 radical (unpaired) electrons. The van der Waals surface area contributed by atoms with Gasteiger partial charge in [-0.3, -0.25) is 9.48 Å². The van der Waals surface area contributed by atoms with Crippen LogP contribution in [0, 0.1) is 13.8 Å². The number of carbonyl (C=O) groups is 1. The van der Waals surface area contributed by atoms with Gasteiger partial charge in [0.15, 0.2) is 0 Å². The van der Waals surface area contributed by atoms with Crippen molar-refractivity contribution in [3.8, 4) is 11.3 Å². The standard InChI is InChI=1S/C23H27N3O2/c1-4-25(13-14-27)23(28)21-16-26(15-19-9-5-17(2)6-10-19)24-22(21)20-11-7-18(3)8-12-20/h5-12,16,27H,4,13-15H2,1-3H3. The zero-order valence-corrected chi connectivity index (χ0v) is 16.7. The highest BCUT2D eigenvalue weighted by atomic mass is 16.3. The van der Waals surface area contributed by atoms with Crippen LogP contribution in [0.1, 0.15) is 34.0 Å². The van der Waals surface area contributed by atoms with Crippen LogP contribution in [0.25, 0.3) is 11.3 Å². The third-order valence-electron chi connectivity index (χ3n) is 4.82. The van der Waals surface area contributed by atoms with Crippen molar-refractivity contribution in [1.82, 2.24) is 14.7 Å². The Hall–Kier alpha value is -2.92. The molecule has 0 aliphatic carbocycles. The topological polar surface area (TPSA) is 58.4 Å². The first-order chi connectivity index (χ1) is 13.5. The molecule has 0 aliphatic rings. The van der Waals surface area contributed by atoms with Crippen molar-refractivity contribution in [2.45, 2.75) is 27.3 Å². The molecule has 0 atom stereocenters. The summed E-state index contributed by atoms with van der Waals surface area (Å²) in [6.45, 7) is 7.39. The summed E-state index contributed by atoms with van der Waals surface area (Å²) in [7, 11) is 0. The maximum absolute atomic E-state index is 13.1. The first kappa shape index (κ1) is 19.8. The molecule has 146 valence electrons.